The highest BCUT2D eigenvalue weighted by molar-refractivity contribution is 7.86. The average Bonchev–Trinajstić information content (AvgIpc) is 3.25. The van der Waals surface area contributed by atoms with Crippen molar-refractivity contribution in [3.05, 3.63) is 34.7 Å². The first kappa shape index (κ1) is 18.2. The maximum atomic E-state index is 12.7. The number of aromatic nitrogens is 2. The van der Waals surface area contributed by atoms with Crippen LogP contribution >= 0.6 is 11.6 Å². The summed E-state index contributed by atoms with van der Waals surface area (Å²) in [6.45, 7) is 6.58. The van der Waals surface area contributed by atoms with Gasteiger partial charge in [0, 0.05) is 52.0 Å². The number of nitrogens with zero attached hydrogens (tertiary/aromatic N) is 5. The molecule has 0 spiro atoms. The molecule has 0 amide bonds. The minimum Gasteiger partial charge on any atom is -0.301 e. The second-order valence-corrected chi connectivity index (χ2v) is 9.37. The quantitative estimate of drug-likeness (QED) is 0.788. The maximum absolute atomic E-state index is 12.7. The van der Waals surface area contributed by atoms with Crippen LogP contribution in [0.1, 0.15) is 24.2 Å². The Morgan fingerprint density at radius 2 is 1.69 bits per heavy atom. The summed E-state index contributed by atoms with van der Waals surface area (Å²) in [5, 5.41) is 0.678. The molecular weight excluding hydrogens is 374 g/mol. The van der Waals surface area contributed by atoms with Crippen molar-refractivity contribution in [3.8, 4) is 0 Å². The molecule has 0 aliphatic carbocycles. The Kier molecular flexibility index (Phi) is 4.96. The molecule has 4 rings (SSSR count). The fourth-order valence-corrected chi connectivity index (χ4v) is 5.62. The van der Waals surface area contributed by atoms with Gasteiger partial charge in [-0.1, -0.05) is 11.6 Å². The second-order valence-electron chi connectivity index (χ2n) is 7.01. The van der Waals surface area contributed by atoms with Crippen molar-refractivity contribution < 1.29 is 8.42 Å². The van der Waals surface area contributed by atoms with Gasteiger partial charge in [-0.25, -0.2) is 4.98 Å². The molecule has 0 unspecified atom stereocenters. The summed E-state index contributed by atoms with van der Waals surface area (Å²) in [5.41, 5.74) is 2.98. The third-order valence-electron chi connectivity index (χ3n) is 5.30. The van der Waals surface area contributed by atoms with Crippen LogP contribution in [0.2, 0.25) is 5.02 Å². The molecule has 2 aromatic rings. The van der Waals surface area contributed by atoms with Crippen molar-refractivity contribution in [2.24, 2.45) is 0 Å². The first-order valence-electron chi connectivity index (χ1n) is 9.06. The third kappa shape index (κ3) is 3.36. The van der Waals surface area contributed by atoms with Crippen LogP contribution < -0.4 is 0 Å². The van der Waals surface area contributed by atoms with Crippen LogP contribution in [0.4, 0.5) is 0 Å². The van der Waals surface area contributed by atoms with Gasteiger partial charge in [-0.3, -0.25) is 4.90 Å². The number of fused-ring (bicyclic) bond motifs is 1. The number of rotatable bonds is 4. The molecule has 2 aliphatic rings. The lowest BCUT2D eigenvalue weighted by atomic mass is 10.3. The fraction of sp³-hybridized carbons (Fsp3) is 0.588. The van der Waals surface area contributed by atoms with Gasteiger partial charge >= 0.3 is 0 Å². The molecule has 2 fully saturated rings. The zero-order valence-corrected chi connectivity index (χ0v) is 16.5. The van der Waals surface area contributed by atoms with E-state index < -0.39 is 10.2 Å². The number of halogens is 1. The van der Waals surface area contributed by atoms with Gasteiger partial charge in [0.2, 0.25) is 0 Å². The molecule has 0 radical (unpaired) electrons. The molecule has 2 saturated heterocycles. The summed E-state index contributed by atoms with van der Waals surface area (Å²) in [4.78, 5) is 6.88. The first-order chi connectivity index (χ1) is 12.4. The summed E-state index contributed by atoms with van der Waals surface area (Å²) < 4.78 is 30.7. The van der Waals surface area contributed by atoms with Gasteiger partial charge in [0.05, 0.1) is 16.4 Å². The number of pyridine rings is 1. The number of aryl methyl sites for hydroxylation is 1. The van der Waals surface area contributed by atoms with E-state index in [0.717, 1.165) is 49.5 Å². The highest BCUT2D eigenvalue weighted by Gasteiger charge is 2.33. The Morgan fingerprint density at radius 3 is 2.38 bits per heavy atom. The Balaban J connectivity index is 1.44. The summed E-state index contributed by atoms with van der Waals surface area (Å²) in [5.74, 6) is 0. The van der Waals surface area contributed by atoms with E-state index in [1.165, 1.54) is 0 Å². The number of hydrogen-bond acceptors (Lipinski definition) is 4. The predicted octanol–water partition coefficient (Wildman–Crippen LogP) is 1.75. The van der Waals surface area contributed by atoms with E-state index in [-0.39, 0.29) is 0 Å². The zero-order chi connectivity index (χ0) is 18.3. The van der Waals surface area contributed by atoms with Crippen LogP contribution in [0.3, 0.4) is 0 Å². The highest BCUT2D eigenvalue weighted by Crippen LogP contribution is 2.21. The fourth-order valence-electron chi connectivity index (χ4n) is 3.79. The molecule has 142 valence electrons. The van der Waals surface area contributed by atoms with Crippen LogP contribution in [0.15, 0.2) is 18.3 Å². The Bertz CT molecular complexity index is 899. The first-order valence-corrected chi connectivity index (χ1v) is 10.8. The average molecular weight is 398 g/mol. The molecule has 0 N–H and O–H groups in total. The van der Waals surface area contributed by atoms with Crippen LogP contribution in [-0.4, -0.2) is 70.6 Å². The molecule has 2 aromatic heterocycles. The summed E-state index contributed by atoms with van der Waals surface area (Å²) in [6, 6.07) is 3.76. The van der Waals surface area contributed by atoms with E-state index in [1.807, 2.05) is 29.7 Å². The minimum atomic E-state index is -3.29. The molecule has 4 heterocycles. The lowest BCUT2D eigenvalue weighted by Crippen LogP contribution is -2.52. The molecule has 0 atom stereocenters. The zero-order valence-electron chi connectivity index (χ0n) is 14.9. The van der Waals surface area contributed by atoms with E-state index in [4.69, 9.17) is 11.6 Å². The molecule has 2 aliphatic heterocycles. The van der Waals surface area contributed by atoms with Gasteiger partial charge in [-0.2, -0.15) is 17.0 Å². The minimum absolute atomic E-state index is 0.537. The molecule has 9 heteroatoms. The van der Waals surface area contributed by atoms with Crippen LogP contribution in [-0.2, 0) is 16.8 Å². The number of imidazole rings is 1. The van der Waals surface area contributed by atoms with Gasteiger partial charge in [0.15, 0.2) is 0 Å². The lowest BCUT2D eigenvalue weighted by Gasteiger charge is -2.35. The molecule has 26 heavy (non-hydrogen) atoms. The van der Waals surface area contributed by atoms with Crippen molar-refractivity contribution in [2.75, 3.05) is 39.3 Å². The second kappa shape index (κ2) is 7.09. The van der Waals surface area contributed by atoms with Crippen molar-refractivity contribution in [1.82, 2.24) is 22.9 Å². The van der Waals surface area contributed by atoms with Crippen molar-refractivity contribution in [3.63, 3.8) is 0 Å². The predicted molar refractivity (Wildman–Crippen MR) is 102 cm³/mol. The molecule has 7 nitrogen and oxygen atoms in total. The topological polar surface area (TPSA) is 61.2 Å². The van der Waals surface area contributed by atoms with E-state index in [9.17, 15) is 8.42 Å². The lowest BCUT2D eigenvalue weighted by molar-refractivity contribution is 0.174. The van der Waals surface area contributed by atoms with Crippen molar-refractivity contribution in [1.29, 1.82) is 0 Å². The maximum Gasteiger partial charge on any atom is 0.282 e. The standard InChI is InChI=1S/C17H24ClN5O2S/c1-14-16(23-12-15(18)4-5-17(23)19-14)13-20-8-10-22(11-9-20)26(24,25)21-6-2-3-7-21/h4-5,12H,2-3,6-11,13H2,1H3. The van der Waals surface area contributed by atoms with E-state index in [2.05, 4.69) is 9.88 Å². The smallest absolute Gasteiger partial charge is 0.282 e. The molecular formula is C17H24ClN5O2S. The Hall–Kier alpha value is -1.19. The molecule has 0 saturated carbocycles. The van der Waals surface area contributed by atoms with Gasteiger partial charge in [0.1, 0.15) is 5.65 Å². The number of hydrogen-bond donors (Lipinski definition) is 0. The van der Waals surface area contributed by atoms with Gasteiger partial charge in [-0.05, 0) is 31.9 Å². The molecule has 0 aromatic carbocycles. The van der Waals surface area contributed by atoms with Gasteiger partial charge in [-0.15, -0.1) is 0 Å². The van der Waals surface area contributed by atoms with E-state index >= 15 is 0 Å². The largest absolute Gasteiger partial charge is 0.301 e. The Labute approximate surface area is 159 Å². The van der Waals surface area contributed by atoms with E-state index in [0.29, 0.717) is 31.2 Å². The monoisotopic (exact) mass is 397 g/mol. The van der Waals surface area contributed by atoms with Crippen molar-refractivity contribution >= 4 is 27.5 Å². The summed E-state index contributed by atoms with van der Waals surface area (Å²) >= 11 is 6.13. The number of piperazine rings is 1. The van der Waals surface area contributed by atoms with Crippen LogP contribution in [0, 0.1) is 6.92 Å². The third-order valence-corrected chi connectivity index (χ3v) is 7.56. The van der Waals surface area contributed by atoms with Crippen LogP contribution in [0.5, 0.6) is 0 Å². The SMILES string of the molecule is Cc1nc2ccc(Cl)cn2c1CN1CCN(S(=O)(=O)N2CCCC2)CC1. The van der Waals surface area contributed by atoms with Crippen molar-refractivity contribution in [2.45, 2.75) is 26.3 Å². The van der Waals surface area contributed by atoms with Gasteiger partial charge < -0.3 is 4.40 Å². The highest BCUT2D eigenvalue weighted by atomic mass is 35.5. The molecule has 0 bridgehead atoms. The summed E-state index contributed by atoms with van der Waals surface area (Å²) in [6.07, 6.45) is 3.82. The van der Waals surface area contributed by atoms with Crippen LogP contribution in [0.25, 0.3) is 5.65 Å². The van der Waals surface area contributed by atoms with E-state index in [1.54, 1.807) is 8.61 Å². The normalized spacial score (nSPS) is 21.0. The Morgan fingerprint density at radius 1 is 1.04 bits per heavy atom. The summed E-state index contributed by atoms with van der Waals surface area (Å²) in [7, 11) is -3.29. The van der Waals surface area contributed by atoms with Gasteiger partial charge in [0.25, 0.3) is 10.2 Å².